The van der Waals surface area contributed by atoms with Crippen LogP contribution < -0.4 is 14.0 Å². The first-order valence-electron chi connectivity index (χ1n) is 12.5. The molecule has 36 heavy (non-hydrogen) atoms. The molecule has 0 spiro atoms. The number of hydrogen-bond acceptors (Lipinski definition) is 6. The lowest BCUT2D eigenvalue weighted by Gasteiger charge is -2.13. The van der Waals surface area contributed by atoms with Crippen molar-refractivity contribution in [2.75, 3.05) is 52.9 Å². The Bertz CT molecular complexity index is 1330. The van der Waals surface area contributed by atoms with Gasteiger partial charge in [0.15, 0.2) is 11.5 Å². The van der Waals surface area contributed by atoms with Crippen LogP contribution in [-0.2, 0) is 20.8 Å². The third kappa shape index (κ3) is 5.87. The molecule has 1 aliphatic rings. The maximum absolute atomic E-state index is 6.03. The molecule has 0 aliphatic carbocycles. The van der Waals surface area contributed by atoms with E-state index < -0.39 is 0 Å². The molecule has 6 nitrogen and oxygen atoms in total. The van der Waals surface area contributed by atoms with Gasteiger partial charge >= 0.3 is 0 Å². The van der Waals surface area contributed by atoms with Crippen molar-refractivity contribution in [2.24, 2.45) is 0 Å². The smallest absolute Gasteiger partial charge is 0.262 e. The lowest BCUT2D eigenvalue weighted by molar-refractivity contribution is -0.664. The van der Waals surface area contributed by atoms with E-state index in [4.69, 9.17) is 23.7 Å². The average molecular weight is 507 g/mol. The highest BCUT2D eigenvalue weighted by Crippen LogP contribution is 2.31. The van der Waals surface area contributed by atoms with Gasteiger partial charge in [0.1, 0.15) is 24.5 Å². The van der Waals surface area contributed by atoms with Crippen LogP contribution in [0.2, 0.25) is 0 Å². The first kappa shape index (κ1) is 24.7. The number of aromatic nitrogens is 1. The summed E-state index contributed by atoms with van der Waals surface area (Å²) in [7, 11) is 0. The van der Waals surface area contributed by atoms with E-state index in [2.05, 4.69) is 66.1 Å². The molecule has 0 unspecified atom stereocenters. The standard InChI is InChI=1S/C29H32NO5S/c1-2-30-28(36-27-11-9-23-5-3-4-6-24(23)29(27)30)12-8-22-7-10-25-26(21-22)35-20-18-33-16-14-31-13-15-32-17-19-34-25/h3-12,21H,2,13-20H2,1H3/q+1. The Balaban J connectivity index is 1.39. The fourth-order valence-corrected chi connectivity index (χ4v) is 5.45. The second kappa shape index (κ2) is 12.3. The Labute approximate surface area is 215 Å². The summed E-state index contributed by atoms with van der Waals surface area (Å²) in [5.74, 6) is 1.41. The van der Waals surface area contributed by atoms with Crippen LogP contribution in [0.1, 0.15) is 17.5 Å². The van der Waals surface area contributed by atoms with Crippen molar-refractivity contribution < 1.29 is 28.3 Å². The largest absolute Gasteiger partial charge is 0.487 e. The highest BCUT2D eigenvalue weighted by atomic mass is 32.1. The summed E-state index contributed by atoms with van der Waals surface area (Å²) in [5, 5.41) is 3.77. The van der Waals surface area contributed by atoms with Crippen LogP contribution in [0.25, 0.3) is 33.1 Å². The quantitative estimate of drug-likeness (QED) is 0.351. The minimum Gasteiger partial charge on any atom is -0.487 e. The number of ether oxygens (including phenoxy) is 5. The summed E-state index contributed by atoms with van der Waals surface area (Å²) < 4.78 is 32.3. The van der Waals surface area contributed by atoms with Crippen LogP contribution in [0.4, 0.5) is 0 Å². The highest BCUT2D eigenvalue weighted by molar-refractivity contribution is 7.19. The van der Waals surface area contributed by atoms with Gasteiger partial charge < -0.3 is 23.7 Å². The van der Waals surface area contributed by atoms with Gasteiger partial charge in [0.25, 0.3) is 5.01 Å². The van der Waals surface area contributed by atoms with Gasteiger partial charge in [-0.15, -0.1) is 0 Å². The van der Waals surface area contributed by atoms with Crippen LogP contribution in [0, 0.1) is 0 Å². The first-order valence-corrected chi connectivity index (χ1v) is 13.3. The van der Waals surface area contributed by atoms with E-state index in [0.29, 0.717) is 64.4 Å². The Kier molecular flexibility index (Phi) is 8.46. The van der Waals surface area contributed by atoms with Crippen molar-refractivity contribution in [2.45, 2.75) is 13.5 Å². The van der Waals surface area contributed by atoms with Gasteiger partial charge in [-0.1, -0.05) is 41.7 Å². The SMILES string of the molecule is CC[n+]1c(C=Cc2ccc3c(c2)OCCOCCOCCOCCO3)sc2ccc3ccccc3c21. The molecule has 2 heterocycles. The number of aryl methyl sites for hydroxylation is 1. The number of nitrogens with zero attached hydrogens (tertiary/aromatic N) is 1. The molecule has 0 saturated heterocycles. The molecular formula is C29H32NO5S+. The Hall–Kier alpha value is -2.97. The van der Waals surface area contributed by atoms with Crippen LogP contribution in [0.15, 0.2) is 54.6 Å². The second-order valence-electron chi connectivity index (χ2n) is 8.39. The summed E-state index contributed by atoms with van der Waals surface area (Å²) in [6.45, 7) is 7.18. The van der Waals surface area contributed by atoms with E-state index in [1.54, 1.807) is 0 Å². The first-order chi connectivity index (χ1) is 17.8. The van der Waals surface area contributed by atoms with E-state index in [9.17, 15) is 0 Å². The number of thiazole rings is 1. The van der Waals surface area contributed by atoms with Gasteiger partial charge in [-0.3, -0.25) is 0 Å². The van der Waals surface area contributed by atoms with Crippen molar-refractivity contribution in [1.82, 2.24) is 0 Å². The Morgan fingerprint density at radius 1 is 0.750 bits per heavy atom. The van der Waals surface area contributed by atoms with Gasteiger partial charge in [-0.25, -0.2) is 0 Å². The Morgan fingerprint density at radius 3 is 2.19 bits per heavy atom. The number of rotatable bonds is 3. The molecule has 0 fully saturated rings. The number of fused-ring (bicyclic) bond motifs is 4. The molecule has 188 valence electrons. The lowest BCUT2D eigenvalue weighted by atomic mass is 10.1. The molecule has 0 saturated carbocycles. The summed E-state index contributed by atoms with van der Waals surface area (Å²) in [4.78, 5) is 0. The summed E-state index contributed by atoms with van der Waals surface area (Å²) in [6, 6.07) is 19.0. The molecule has 1 aromatic heterocycles. The number of hydrogen-bond donors (Lipinski definition) is 0. The molecule has 0 N–H and O–H groups in total. The van der Waals surface area contributed by atoms with Gasteiger partial charge in [0.2, 0.25) is 5.52 Å². The molecule has 3 aromatic carbocycles. The van der Waals surface area contributed by atoms with E-state index in [-0.39, 0.29) is 0 Å². The molecular weight excluding hydrogens is 474 g/mol. The van der Waals surface area contributed by atoms with Crippen molar-refractivity contribution >= 4 is 44.5 Å². The monoisotopic (exact) mass is 506 g/mol. The molecule has 1 aliphatic heterocycles. The topological polar surface area (TPSA) is 50.0 Å². The van der Waals surface area contributed by atoms with Gasteiger partial charge in [-0.05, 0) is 48.2 Å². The third-order valence-electron chi connectivity index (χ3n) is 6.03. The second-order valence-corrected chi connectivity index (χ2v) is 9.45. The van der Waals surface area contributed by atoms with Crippen molar-refractivity contribution in [3.8, 4) is 11.5 Å². The van der Waals surface area contributed by atoms with Crippen molar-refractivity contribution in [1.29, 1.82) is 0 Å². The molecule has 7 heteroatoms. The fraction of sp³-hybridized carbons (Fsp3) is 0.345. The zero-order valence-electron chi connectivity index (χ0n) is 20.6. The highest BCUT2D eigenvalue weighted by Gasteiger charge is 2.19. The van der Waals surface area contributed by atoms with E-state index in [0.717, 1.165) is 12.1 Å². The lowest BCUT2D eigenvalue weighted by Crippen LogP contribution is -2.33. The van der Waals surface area contributed by atoms with Gasteiger partial charge in [-0.2, -0.15) is 4.57 Å². The summed E-state index contributed by atoms with van der Waals surface area (Å²) in [5.41, 5.74) is 2.34. The van der Waals surface area contributed by atoms with E-state index >= 15 is 0 Å². The predicted octanol–water partition coefficient (Wildman–Crippen LogP) is 5.35. The van der Waals surface area contributed by atoms with Crippen molar-refractivity contribution in [3.63, 3.8) is 0 Å². The van der Waals surface area contributed by atoms with Gasteiger partial charge in [0.05, 0.1) is 45.0 Å². The maximum Gasteiger partial charge on any atom is 0.262 e. The third-order valence-corrected chi connectivity index (χ3v) is 7.15. The zero-order valence-corrected chi connectivity index (χ0v) is 21.4. The molecule has 5 rings (SSSR count). The minimum atomic E-state index is 0.444. The summed E-state index contributed by atoms with van der Waals surface area (Å²) in [6.07, 6.45) is 4.32. The zero-order chi connectivity index (χ0) is 24.6. The predicted molar refractivity (Wildman–Crippen MR) is 144 cm³/mol. The molecule has 0 radical (unpaired) electrons. The summed E-state index contributed by atoms with van der Waals surface area (Å²) >= 11 is 1.81. The molecule has 0 amide bonds. The molecule has 0 atom stereocenters. The fourth-order valence-electron chi connectivity index (χ4n) is 4.30. The maximum atomic E-state index is 6.03. The van der Waals surface area contributed by atoms with Crippen LogP contribution in [-0.4, -0.2) is 52.9 Å². The molecule has 4 aromatic rings. The van der Waals surface area contributed by atoms with Crippen LogP contribution in [0.3, 0.4) is 0 Å². The molecule has 0 bridgehead atoms. The normalized spacial score (nSPS) is 16.2. The van der Waals surface area contributed by atoms with E-state index in [1.165, 1.54) is 26.0 Å². The minimum absolute atomic E-state index is 0.444. The Morgan fingerprint density at radius 2 is 1.44 bits per heavy atom. The average Bonchev–Trinajstić information content (AvgIpc) is 3.28. The van der Waals surface area contributed by atoms with Crippen LogP contribution >= 0.6 is 11.3 Å². The van der Waals surface area contributed by atoms with Crippen molar-refractivity contribution in [3.05, 3.63) is 65.2 Å². The van der Waals surface area contributed by atoms with Crippen LogP contribution in [0.5, 0.6) is 11.5 Å². The number of benzene rings is 3. The van der Waals surface area contributed by atoms with E-state index in [1.807, 2.05) is 23.5 Å². The van der Waals surface area contributed by atoms with Gasteiger partial charge in [0, 0.05) is 6.08 Å².